The number of amides is 1. The molecule has 5 rings (SSSR count). The van der Waals surface area contributed by atoms with Crippen molar-refractivity contribution in [1.29, 1.82) is 0 Å². The molecular weight excluding hydrogens is 436 g/mol. The van der Waals surface area contributed by atoms with E-state index in [2.05, 4.69) is 39.0 Å². The molecule has 2 heterocycles. The minimum absolute atomic E-state index is 0.0627. The van der Waals surface area contributed by atoms with Gasteiger partial charge in [-0.25, -0.2) is 4.98 Å². The first-order valence-electron chi connectivity index (χ1n) is 11.8. The smallest absolute Gasteiger partial charge is 0.251 e. The normalized spacial score (nSPS) is 13.9. The minimum atomic E-state index is -0.132. The van der Waals surface area contributed by atoms with Crippen molar-refractivity contribution in [3.8, 4) is 11.4 Å². The van der Waals surface area contributed by atoms with Crippen LogP contribution in [0.25, 0.3) is 28.0 Å². The van der Waals surface area contributed by atoms with Crippen LogP contribution in [0.2, 0.25) is 0 Å². The number of fused-ring (bicyclic) bond motifs is 1. The summed E-state index contributed by atoms with van der Waals surface area (Å²) in [5.74, 6) is 0.485. The van der Waals surface area contributed by atoms with Gasteiger partial charge in [-0.2, -0.15) is 0 Å². The molecule has 0 radical (unpaired) electrons. The molecule has 2 aromatic carbocycles. The van der Waals surface area contributed by atoms with Gasteiger partial charge in [0.15, 0.2) is 5.78 Å². The van der Waals surface area contributed by atoms with Gasteiger partial charge in [0.1, 0.15) is 5.82 Å². The van der Waals surface area contributed by atoms with E-state index in [9.17, 15) is 9.59 Å². The van der Waals surface area contributed by atoms with Crippen molar-refractivity contribution in [3.05, 3.63) is 102 Å². The molecule has 0 aliphatic heterocycles. The van der Waals surface area contributed by atoms with Crippen LogP contribution < -0.4 is 5.32 Å². The van der Waals surface area contributed by atoms with Crippen LogP contribution in [0, 0.1) is 0 Å². The molecule has 1 aliphatic rings. The second-order valence-electron chi connectivity index (χ2n) is 8.73. The molecule has 1 amide bonds. The summed E-state index contributed by atoms with van der Waals surface area (Å²) in [5.41, 5.74) is 4.77. The number of ketones is 1. The molecule has 0 saturated heterocycles. The number of rotatable bonds is 6. The van der Waals surface area contributed by atoms with E-state index in [0.29, 0.717) is 22.5 Å². The van der Waals surface area contributed by atoms with Crippen LogP contribution in [0.1, 0.15) is 52.0 Å². The summed E-state index contributed by atoms with van der Waals surface area (Å²) in [6.45, 7) is 3.94. The topological polar surface area (TPSA) is 87.7 Å². The monoisotopic (exact) mass is 462 g/mol. The van der Waals surface area contributed by atoms with Crippen LogP contribution in [0.15, 0.2) is 85.7 Å². The number of H-pyrrole nitrogens is 1. The van der Waals surface area contributed by atoms with Crippen LogP contribution in [0.5, 0.6) is 0 Å². The lowest BCUT2D eigenvalue weighted by Gasteiger charge is -2.16. The third kappa shape index (κ3) is 4.96. The summed E-state index contributed by atoms with van der Waals surface area (Å²) in [4.78, 5) is 37.6. The first kappa shape index (κ1) is 22.5. The zero-order valence-electron chi connectivity index (χ0n) is 19.3. The van der Waals surface area contributed by atoms with Gasteiger partial charge in [0.25, 0.3) is 5.91 Å². The predicted octanol–water partition coefficient (Wildman–Crippen LogP) is 5.75. The Balaban J connectivity index is 1.31. The SMILES string of the molecule is C=C(C(=O)c1ccc(-c2nc3ccc(C(=O)NC4CCC=CCC4)cc3[nH]2)cc1)c1ccncc1. The molecule has 4 aromatic rings. The van der Waals surface area contributed by atoms with Gasteiger partial charge in [-0.15, -0.1) is 0 Å². The zero-order valence-corrected chi connectivity index (χ0v) is 19.3. The number of imidazole rings is 1. The number of allylic oxidation sites excluding steroid dienone is 3. The van der Waals surface area contributed by atoms with Gasteiger partial charge in [0, 0.05) is 40.7 Å². The Morgan fingerprint density at radius 2 is 1.57 bits per heavy atom. The maximum Gasteiger partial charge on any atom is 0.251 e. The van der Waals surface area contributed by atoms with Gasteiger partial charge in [0.05, 0.1) is 11.0 Å². The van der Waals surface area contributed by atoms with Crippen molar-refractivity contribution >= 4 is 28.3 Å². The van der Waals surface area contributed by atoms with E-state index in [1.807, 2.05) is 30.3 Å². The maximum atomic E-state index is 12.8. The molecule has 0 fully saturated rings. The van der Waals surface area contributed by atoms with E-state index in [1.165, 1.54) is 0 Å². The Morgan fingerprint density at radius 3 is 2.29 bits per heavy atom. The van der Waals surface area contributed by atoms with Crippen molar-refractivity contribution in [3.63, 3.8) is 0 Å². The number of carbonyl (C=O) groups excluding carboxylic acids is 2. The average Bonchev–Trinajstić information content (AvgIpc) is 3.17. The number of aromatic amines is 1. The average molecular weight is 463 g/mol. The molecule has 6 heteroatoms. The predicted molar refractivity (Wildman–Crippen MR) is 138 cm³/mol. The van der Waals surface area contributed by atoms with Gasteiger partial charge in [-0.3, -0.25) is 14.6 Å². The second kappa shape index (κ2) is 9.89. The Bertz CT molecular complexity index is 1410. The third-order valence-electron chi connectivity index (χ3n) is 6.33. The highest BCUT2D eigenvalue weighted by atomic mass is 16.1. The third-order valence-corrected chi connectivity index (χ3v) is 6.33. The molecule has 2 aromatic heterocycles. The quantitative estimate of drug-likeness (QED) is 0.217. The number of carbonyl (C=O) groups is 2. The fourth-order valence-electron chi connectivity index (χ4n) is 4.31. The van der Waals surface area contributed by atoms with Crippen molar-refractivity contribution in [1.82, 2.24) is 20.3 Å². The highest BCUT2D eigenvalue weighted by Crippen LogP contribution is 2.24. The van der Waals surface area contributed by atoms with Crippen LogP contribution in [0.3, 0.4) is 0 Å². The van der Waals surface area contributed by atoms with Crippen LogP contribution in [0.4, 0.5) is 0 Å². The van der Waals surface area contributed by atoms with E-state index in [0.717, 1.165) is 47.8 Å². The molecule has 2 N–H and O–H groups in total. The molecule has 6 nitrogen and oxygen atoms in total. The van der Waals surface area contributed by atoms with Gasteiger partial charge < -0.3 is 10.3 Å². The van der Waals surface area contributed by atoms with E-state index in [4.69, 9.17) is 0 Å². The van der Waals surface area contributed by atoms with Crippen molar-refractivity contribution < 1.29 is 9.59 Å². The van der Waals surface area contributed by atoms with Crippen LogP contribution in [-0.2, 0) is 0 Å². The molecule has 35 heavy (non-hydrogen) atoms. The Labute approximate surface area is 203 Å². The summed E-state index contributed by atoms with van der Waals surface area (Å²) < 4.78 is 0. The van der Waals surface area contributed by atoms with Gasteiger partial charge in [0.2, 0.25) is 0 Å². The summed E-state index contributed by atoms with van der Waals surface area (Å²) in [6, 6.07) is 16.5. The molecule has 0 atom stereocenters. The Hall–Kier alpha value is -4.32. The maximum absolute atomic E-state index is 12.8. The van der Waals surface area contributed by atoms with E-state index >= 15 is 0 Å². The minimum Gasteiger partial charge on any atom is -0.349 e. The first-order chi connectivity index (χ1) is 17.1. The number of nitrogens with zero attached hydrogens (tertiary/aromatic N) is 2. The van der Waals surface area contributed by atoms with Crippen molar-refractivity contribution in [2.24, 2.45) is 0 Å². The fourth-order valence-corrected chi connectivity index (χ4v) is 4.31. The number of aromatic nitrogens is 3. The van der Waals surface area contributed by atoms with Gasteiger partial charge in [-0.1, -0.05) is 43.0 Å². The van der Waals surface area contributed by atoms with Crippen LogP contribution >= 0.6 is 0 Å². The number of hydrogen-bond donors (Lipinski definition) is 2. The molecule has 0 saturated carbocycles. The molecular formula is C29H26N4O2. The Morgan fingerprint density at radius 1 is 0.886 bits per heavy atom. The summed E-state index contributed by atoms with van der Waals surface area (Å²) in [6.07, 6.45) is 11.6. The van der Waals surface area contributed by atoms with Crippen LogP contribution in [-0.4, -0.2) is 32.7 Å². The van der Waals surface area contributed by atoms with Crippen molar-refractivity contribution in [2.75, 3.05) is 0 Å². The van der Waals surface area contributed by atoms with E-state index < -0.39 is 0 Å². The molecule has 0 spiro atoms. The molecule has 174 valence electrons. The number of Topliss-reactive ketones (excluding diaryl/α,β-unsaturated/α-hetero) is 1. The molecule has 0 unspecified atom stereocenters. The Kier molecular flexibility index (Phi) is 6.35. The molecule has 1 aliphatic carbocycles. The standard InChI is InChI=1S/C29H26N4O2/c1-19(20-14-16-30-17-15-20)27(34)21-8-10-22(11-9-21)28-32-25-13-12-23(18-26(25)33-28)29(35)31-24-6-4-2-3-5-7-24/h2-3,8-18,24H,1,4-7H2,(H,31,35)(H,32,33). The lowest BCUT2D eigenvalue weighted by atomic mass is 9.98. The number of nitrogens with one attached hydrogen (secondary N) is 2. The van der Waals surface area contributed by atoms with E-state index in [-0.39, 0.29) is 17.7 Å². The summed E-state index contributed by atoms with van der Waals surface area (Å²) in [7, 11) is 0. The summed E-state index contributed by atoms with van der Waals surface area (Å²) in [5, 5.41) is 3.16. The van der Waals surface area contributed by atoms with Crippen molar-refractivity contribution in [2.45, 2.75) is 31.7 Å². The van der Waals surface area contributed by atoms with Gasteiger partial charge >= 0.3 is 0 Å². The lowest BCUT2D eigenvalue weighted by molar-refractivity contribution is 0.0933. The van der Waals surface area contributed by atoms with E-state index in [1.54, 1.807) is 36.7 Å². The number of benzene rings is 2. The number of hydrogen-bond acceptors (Lipinski definition) is 4. The highest BCUT2D eigenvalue weighted by Gasteiger charge is 2.16. The zero-order chi connectivity index (χ0) is 24.2. The second-order valence-corrected chi connectivity index (χ2v) is 8.73. The summed E-state index contributed by atoms with van der Waals surface area (Å²) >= 11 is 0. The first-order valence-corrected chi connectivity index (χ1v) is 11.8. The highest BCUT2D eigenvalue weighted by molar-refractivity contribution is 6.28. The fraction of sp³-hybridized carbons (Fsp3) is 0.172. The van der Waals surface area contributed by atoms with Gasteiger partial charge in [-0.05, 0) is 61.6 Å². The number of pyridine rings is 1. The molecule has 0 bridgehead atoms. The lowest BCUT2D eigenvalue weighted by Crippen LogP contribution is -2.34. The largest absolute Gasteiger partial charge is 0.349 e.